The Hall–Kier alpha value is -4.48. The second-order valence-corrected chi connectivity index (χ2v) is 14.8. The van der Waals surface area contributed by atoms with Gasteiger partial charge in [0.25, 0.3) is 16.1 Å². The fraction of sp³-hybridized carbons (Fsp3) is 0.382. The van der Waals surface area contributed by atoms with Gasteiger partial charge in [0.15, 0.2) is 5.78 Å². The van der Waals surface area contributed by atoms with Gasteiger partial charge in [-0.15, -0.1) is 0 Å². The zero-order chi connectivity index (χ0) is 32.8. The van der Waals surface area contributed by atoms with E-state index in [1.165, 1.54) is 6.08 Å². The molecule has 1 aliphatic carbocycles. The van der Waals surface area contributed by atoms with Crippen LogP contribution in [-0.4, -0.2) is 106 Å². The summed E-state index contributed by atoms with van der Waals surface area (Å²) in [7, 11) is -1.62. The molecule has 4 fully saturated rings. The van der Waals surface area contributed by atoms with Crippen LogP contribution in [0, 0.1) is 23.2 Å². The van der Waals surface area contributed by atoms with E-state index in [-0.39, 0.29) is 29.6 Å². The van der Waals surface area contributed by atoms with Crippen LogP contribution in [0.15, 0.2) is 85.2 Å². The molecule has 1 saturated carbocycles. The van der Waals surface area contributed by atoms with Gasteiger partial charge in [0, 0.05) is 106 Å². The molecular weight excluding hydrogens is 616 g/mol. The average Bonchev–Trinajstić information content (AvgIpc) is 3.41. The number of carbonyl (C=O) groups is 2. The molecule has 4 aliphatic rings. The molecule has 0 radical (unpaired) electrons. The number of pyridine rings is 2. The summed E-state index contributed by atoms with van der Waals surface area (Å²) >= 11 is 0. The van der Waals surface area contributed by atoms with Crippen molar-refractivity contribution in [3.05, 3.63) is 107 Å². The Labute approximate surface area is 274 Å². The Kier molecular flexibility index (Phi) is 8.13. The molecule has 1 unspecified atom stereocenters. The number of nitrogens with zero attached hydrogens (tertiary/aromatic N) is 7. The molecule has 2 aromatic heterocycles. The third-order valence-corrected chi connectivity index (χ3v) is 11.8. The van der Waals surface area contributed by atoms with Crippen molar-refractivity contribution in [2.75, 3.05) is 46.3 Å². The van der Waals surface area contributed by atoms with E-state index in [4.69, 9.17) is 0 Å². The van der Waals surface area contributed by atoms with Crippen LogP contribution >= 0.6 is 0 Å². The predicted octanol–water partition coefficient (Wildman–Crippen LogP) is 1.45. The second kappa shape index (κ2) is 12.3. The van der Waals surface area contributed by atoms with Gasteiger partial charge in [-0.3, -0.25) is 24.5 Å². The maximum Gasteiger partial charge on any atom is 0.282 e. The number of piperazine rings is 1. The van der Waals surface area contributed by atoms with E-state index >= 15 is 0 Å². The van der Waals surface area contributed by atoms with Crippen LogP contribution in [0.5, 0.6) is 0 Å². The highest BCUT2D eigenvalue weighted by atomic mass is 32.2. The molecule has 242 valence electrons. The minimum absolute atomic E-state index is 0.0472. The minimum Gasteiger partial charge on any atom is -0.357 e. The van der Waals surface area contributed by atoms with Crippen LogP contribution in [0.1, 0.15) is 27.0 Å². The Morgan fingerprint density at radius 3 is 2.00 bits per heavy atom. The number of nitriles is 1. The van der Waals surface area contributed by atoms with E-state index in [9.17, 15) is 23.3 Å². The lowest BCUT2D eigenvalue weighted by Crippen LogP contribution is -2.53. The van der Waals surface area contributed by atoms with Gasteiger partial charge in [-0.05, 0) is 66.7 Å². The molecule has 0 bridgehead atoms. The predicted molar refractivity (Wildman–Crippen MR) is 172 cm³/mol. The average molecular weight is 653 g/mol. The number of nitrogens with one attached hydrogen (secondary N) is 1. The maximum atomic E-state index is 14.8. The summed E-state index contributed by atoms with van der Waals surface area (Å²) in [5.74, 6) is -0.148. The van der Waals surface area contributed by atoms with Crippen molar-refractivity contribution in [3.63, 3.8) is 0 Å². The van der Waals surface area contributed by atoms with Crippen molar-refractivity contribution in [2.45, 2.75) is 24.4 Å². The zero-order valence-electron chi connectivity index (χ0n) is 26.1. The Balaban J connectivity index is 1.21. The topological polar surface area (TPSA) is 143 Å². The minimum atomic E-state index is -3.61. The maximum absolute atomic E-state index is 14.8. The molecule has 47 heavy (non-hydrogen) atoms. The first-order valence-corrected chi connectivity index (χ1v) is 17.2. The Morgan fingerprint density at radius 1 is 0.915 bits per heavy atom. The molecule has 1 amide bonds. The summed E-state index contributed by atoms with van der Waals surface area (Å²) < 4.78 is 30.2. The van der Waals surface area contributed by atoms with Crippen molar-refractivity contribution in [1.82, 2.24) is 33.7 Å². The molecule has 3 aromatic rings. The molecule has 12 nitrogen and oxygen atoms in total. The quantitative estimate of drug-likeness (QED) is 0.269. The van der Waals surface area contributed by atoms with Gasteiger partial charge in [0.05, 0.1) is 11.6 Å². The number of fused-ring (bicyclic) bond motifs is 1. The van der Waals surface area contributed by atoms with E-state index in [1.54, 1.807) is 62.6 Å². The summed E-state index contributed by atoms with van der Waals surface area (Å²) in [4.78, 5) is 40.5. The zero-order valence-corrected chi connectivity index (χ0v) is 26.9. The Morgan fingerprint density at radius 2 is 1.47 bits per heavy atom. The molecule has 1 aromatic carbocycles. The fourth-order valence-electron chi connectivity index (χ4n) is 7.23. The van der Waals surface area contributed by atoms with Gasteiger partial charge < -0.3 is 10.2 Å². The lowest BCUT2D eigenvalue weighted by molar-refractivity contribution is -0.132. The highest BCUT2D eigenvalue weighted by Crippen LogP contribution is 2.53. The van der Waals surface area contributed by atoms with Crippen molar-refractivity contribution in [3.8, 4) is 6.07 Å². The van der Waals surface area contributed by atoms with Crippen LogP contribution in [0.4, 0.5) is 0 Å². The number of allylic oxidation sites excluding steroid dienone is 1. The SMILES string of the molecule is CN1CCN(S(=O)(=O)N2C[C@@H]3C(N4C(=O)C(Cc5ccncc5)(Cc5ccncc5)N/C4=C\C(=O)c4ccc(C#N)cc4)[C@@H]3C2)CC1. The van der Waals surface area contributed by atoms with Gasteiger partial charge >= 0.3 is 0 Å². The van der Waals surface area contributed by atoms with Crippen LogP contribution in [0.2, 0.25) is 0 Å². The molecule has 3 aliphatic heterocycles. The van der Waals surface area contributed by atoms with E-state index < -0.39 is 15.7 Å². The van der Waals surface area contributed by atoms with Gasteiger partial charge in [-0.1, -0.05) is 0 Å². The number of amides is 1. The molecule has 3 saturated heterocycles. The third-order valence-electron chi connectivity index (χ3n) is 9.86. The molecule has 13 heteroatoms. The molecule has 1 N–H and O–H groups in total. The van der Waals surface area contributed by atoms with Crippen molar-refractivity contribution >= 4 is 21.9 Å². The first kappa shape index (κ1) is 31.1. The summed E-state index contributed by atoms with van der Waals surface area (Å²) in [5, 5.41) is 12.7. The van der Waals surface area contributed by atoms with Gasteiger partial charge in [-0.2, -0.15) is 22.3 Å². The first-order chi connectivity index (χ1) is 22.7. The molecule has 7 rings (SSSR count). The highest BCUT2D eigenvalue weighted by molar-refractivity contribution is 7.86. The normalized spacial score (nSPS) is 25.4. The summed E-state index contributed by atoms with van der Waals surface area (Å²) in [6.45, 7) is 2.95. The third kappa shape index (κ3) is 5.94. The lowest BCUT2D eigenvalue weighted by Gasteiger charge is -2.35. The van der Waals surface area contributed by atoms with E-state index in [0.717, 1.165) is 11.1 Å². The number of aromatic nitrogens is 2. The number of ketones is 1. The van der Waals surface area contributed by atoms with E-state index in [0.29, 0.717) is 69.1 Å². The smallest absolute Gasteiger partial charge is 0.282 e. The number of hydrogen-bond acceptors (Lipinski definition) is 9. The monoisotopic (exact) mass is 652 g/mol. The highest BCUT2D eigenvalue weighted by Gasteiger charge is 2.66. The molecule has 0 spiro atoms. The number of piperidine rings is 1. The van der Waals surface area contributed by atoms with Crippen molar-refractivity contribution < 1.29 is 18.0 Å². The van der Waals surface area contributed by atoms with Gasteiger partial charge in [0.1, 0.15) is 11.4 Å². The number of hydrogen-bond donors (Lipinski definition) is 1. The molecule has 3 atom stereocenters. The van der Waals surface area contributed by atoms with E-state index in [1.807, 2.05) is 31.3 Å². The molecule has 5 heterocycles. The summed E-state index contributed by atoms with van der Waals surface area (Å²) in [6.07, 6.45) is 8.93. The lowest BCUT2D eigenvalue weighted by atomic mass is 9.85. The number of rotatable bonds is 9. The van der Waals surface area contributed by atoms with Crippen LogP contribution in [0.25, 0.3) is 0 Å². The Bertz CT molecular complexity index is 1780. The molecular formula is C34H36N8O4S. The van der Waals surface area contributed by atoms with Crippen molar-refractivity contribution in [2.24, 2.45) is 11.8 Å². The standard InChI is InChI=1S/C34H36N8O4S/c1-39-14-16-40(17-15-39)47(45,46)41-22-28-29(23-41)32(28)42-31(18-30(43)27-4-2-26(21-35)3-5-27)38-34(33(42)44,19-24-6-10-36-11-7-24)20-25-8-12-37-13-9-25/h2-13,18,28-29,32,38H,14-17,19-20,22-23H2,1H3/b31-18+/t28-,29+,32?. The number of carbonyl (C=O) groups excluding carboxylic acids is 2. The second-order valence-electron chi connectivity index (χ2n) is 12.9. The first-order valence-electron chi connectivity index (χ1n) is 15.8. The van der Waals surface area contributed by atoms with Crippen molar-refractivity contribution in [1.29, 1.82) is 5.26 Å². The number of benzene rings is 1. The van der Waals surface area contributed by atoms with E-state index in [2.05, 4.69) is 26.3 Å². The van der Waals surface area contributed by atoms with Gasteiger partial charge in [-0.25, -0.2) is 0 Å². The van der Waals surface area contributed by atoms with Crippen LogP contribution < -0.4 is 5.32 Å². The summed E-state index contributed by atoms with van der Waals surface area (Å²) in [6, 6.07) is 15.7. The fourth-order valence-corrected chi connectivity index (χ4v) is 8.90. The van der Waals surface area contributed by atoms with Gasteiger partial charge in [0.2, 0.25) is 0 Å². The van der Waals surface area contributed by atoms with Crippen LogP contribution in [0.3, 0.4) is 0 Å². The van der Waals surface area contributed by atoms with Crippen LogP contribution in [-0.2, 0) is 27.8 Å². The number of likely N-dealkylation sites (N-methyl/N-ethyl adjacent to an activating group) is 1. The largest absolute Gasteiger partial charge is 0.357 e. The summed E-state index contributed by atoms with van der Waals surface area (Å²) in [5.41, 5.74) is 1.56.